The first-order chi connectivity index (χ1) is 11.8. The van der Waals surface area contributed by atoms with Crippen LogP contribution < -0.4 is 5.32 Å². The number of carbonyl (C=O) groups is 1. The van der Waals surface area contributed by atoms with Crippen molar-refractivity contribution in [2.45, 2.75) is 59.0 Å². The first kappa shape index (κ1) is 23.3. The Balaban J connectivity index is 0.00000338. The van der Waals surface area contributed by atoms with E-state index in [0.29, 0.717) is 5.92 Å². The minimum absolute atomic E-state index is 0. The van der Waals surface area contributed by atoms with Gasteiger partial charge in [0.15, 0.2) is 5.96 Å². The Kier molecular flexibility index (Phi) is 9.47. The molecule has 0 aromatic heterocycles. The van der Waals surface area contributed by atoms with Gasteiger partial charge in [0.25, 0.3) is 0 Å². The van der Waals surface area contributed by atoms with Gasteiger partial charge in [0, 0.05) is 39.8 Å². The predicted octanol–water partition coefficient (Wildman–Crippen LogP) is 3.56. The van der Waals surface area contributed by atoms with Crippen LogP contribution in [0.1, 0.15) is 53.4 Å². The molecule has 0 radical (unpaired) electrons. The van der Waals surface area contributed by atoms with Crippen LogP contribution in [0.2, 0.25) is 0 Å². The van der Waals surface area contributed by atoms with Crippen molar-refractivity contribution < 1.29 is 9.53 Å². The molecule has 26 heavy (non-hydrogen) atoms. The summed E-state index contributed by atoms with van der Waals surface area (Å²) in [5.41, 5.74) is -0.423. The lowest BCUT2D eigenvalue weighted by Crippen LogP contribution is -2.48. The fourth-order valence-corrected chi connectivity index (χ4v) is 3.43. The second-order valence-corrected chi connectivity index (χ2v) is 8.51. The molecule has 0 atom stereocenters. The highest BCUT2D eigenvalue weighted by Gasteiger charge is 2.27. The van der Waals surface area contributed by atoms with Crippen molar-refractivity contribution >= 4 is 36.0 Å². The van der Waals surface area contributed by atoms with Crippen LogP contribution >= 0.6 is 24.0 Å². The summed E-state index contributed by atoms with van der Waals surface area (Å²) in [6, 6.07) is 0. The predicted molar refractivity (Wildman–Crippen MR) is 117 cm³/mol. The Bertz CT molecular complexity index is 463. The first-order valence-electron chi connectivity index (χ1n) is 9.72. The third-order valence-corrected chi connectivity index (χ3v) is 5.11. The van der Waals surface area contributed by atoms with Gasteiger partial charge in [0.05, 0.1) is 0 Å². The van der Waals surface area contributed by atoms with Crippen LogP contribution in [0, 0.1) is 11.8 Å². The Morgan fingerprint density at radius 1 is 1.08 bits per heavy atom. The van der Waals surface area contributed by atoms with E-state index in [1.165, 1.54) is 12.8 Å². The highest BCUT2D eigenvalue weighted by atomic mass is 127. The molecule has 7 heteroatoms. The van der Waals surface area contributed by atoms with Gasteiger partial charge in [-0.3, -0.25) is 4.99 Å². The van der Waals surface area contributed by atoms with E-state index in [0.717, 1.165) is 57.4 Å². The zero-order valence-corrected chi connectivity index (χ0v) is 19.4. The molecular formula is C19H37IN4O2. The molecule has 2 aliphatic heterocycles. The molecule has 2 heterocycles. The van der Waals surface area contributed by atoms with Crippen LogP contribution in [0.15, 0.2) is 4.99 Å². The van der Waals surface area contributed by atoms with Crippen LogP contribution in [0.3, 0.4) is 0 Å². The van der Waals surface area contributed by atoms with E-state index in [9.17, 15) is 4.79 Å². The van der Waals surface area contributed by atoms with E-state index in [1.54, 1.807) is 0 Å². The molecule has 0 aromatic carbocycles. The van der Waals surface area contributed by atoms with Gasteiger partial charge in [-0.05, 0) is 58.3 Å². The zero-order chi connectivity index (χ0) is 18.4. The molecule has 0 bridgehead atoms. The van der Waals surface area contributed by atoms with E-state index in [-0.39, 0.29) is 30.1 Å². The van der Waals surface area contributed by atoms with Crippen molar-refractivity contribution in [3.8, 4) is 0 Å². The van der Waals surface area contributed by atoms with Gasteiger partial charge >= 0.3 is 6.09 Å². The average molecular weight is 480 g/mol. The van der Waals surface area contributed by atoms with E-state index in [4.69, 9.17) is 4.74 Å². The van der Waals surface area contributed by atoms with Crippen molar-refractivity contribution in [2.24, 2.45) is 16.8 Å². The van der Waals surface area contributed by atoms with Crippen molar-refractivity contribution in [1.29, 1.82) is 0 Å². The SMILES string of the molecule is CN=C(NCC1CCN(C(=O)OC(C)(C)C)CC1)N1CCC(C)CC1.I. The number of hydrogen-bond donors (Lipinski definition) is 1. The molecule has 0 aromatic rings. The van der Waals surface area contributed by atoms with Crippen molar-refractivity contribution in [3.63, 3.8) is 0 Å². The van der Waals surface area contributed by atoms with Gasteiger partial charge in [-0.25, -0.2) is 4.79 Å². The Hall–Kier alpha value is -0.730. The molecule has 1 N–H and O–H groups in total. The van der Waals surface area contributed by atoms with Crippen LogP contribution in [0.25, 0.3) is 0 Å². The fraction of sp³-hybridized carbons (Fsp3) is 0.895. The normalized spacial score (nSPS) is 20.6. The molecule has 1 amide bonds. The van der Waals surface area contributed by atoms with E-state index in [1.807, 2.05) is 32.7 Å². The summed E-state index contributed by atoms with van der Waals surface area (Å²) in [5.74, 6) is 2.44. The number of piperidine rings is 2. The molecule has 2 saturated heterocycles. The van der Waals surface area contributed by atoms with Crippen LogP contribution in [-0.2, 0) is 4.74 Å². The lowest BCUT2D eigenvalue weighted by Gasteiger charge is -2.35. The van der Waals surface area contributed by atoms with Gasteiger partial charge in [-0.1, -0.05) is 6.92 Å². The van der Waals surface area contributed by atoms with Gasteiger partial charge in [0.1, 0.15) is 5.60 Å². The molecule has 6 nitrogen and oxygen atoms in total. The third-order valence-electron chi connectivity index (χ3n) is 5.11. The van der Waals surface area contributed by atoms with E-state index >= 15 is 0 Å². The van der Waals surface area contributed by atoms with Crippen molar-refractivity contribution in [2.75, 3.05) is 39.8 Å². The number of nitrogens with zero attached hydrogens (tertiary/aromatic N) is 3. The number of guanidine groups is 1. The van der Waals surface area contributed by atoms with E-state index < -0.39 is 5.60 Å². The molecular weight excluding hydrogens is 443 g/mol. The standard InChI is InChI=1S/C19H36N4O2.HI/c1-15-6-10-22(11-7-15)17(20-5)21-14-16-8-12-23(13-9-16)18(24)25-19(2,3)4;/h15-16H,6-14H2,1-5H3,(H,20,21);1H. The minimum atomic E-state index is -0.423. The fourth-order valence-electron chi connectivity index (χ4n) is 3.43. The molecule has 2 aliphatic rings. The molecule has 2 fully saturated rings. The van der Waals surface area contributed by atoms with Crippen LogP contribution in [-0.4, -0.2) is 67.2 Å². The average Bonchev–Trinajstić information content (AvgIpc) is 2.56. The molecule has 0 saturated carbocycles. The lowest BCUT2D eigenvalue weighted by molar-refractivity contribution is 0.0185. The second kappa shape index (κ2) is 10.6. The molecule has 0 unspecified atom stereocenters. The number of halogens is 1. The summed E-state index contributed by atoms with van der Waals surface area (Å²) in [6.07, 6.45) is 4.34. The number of amides is 1. The summed E-state index contributed by atoms with van der Waals surface area (Å²) in [5, 5.41) is 3.55. The Morgan fingerprint density at radius 3 is 2.12 bits per heavy atom. The first-order valence-corrected chi connectivity index (χ1v) is 9.72. The minimum Gasteiger partial charge on any atom is -0.444 e. The van der Waals surface area contributed by atoms with E-state index in [2.05, 4.69) is 22.1 Å². The van der Waals surface area contributed by atoms with Crippen LogP contribution in [0.4, 0.5) is 4.79 Å². The molecule has 0 aliphatic carbocycles. The van der Waals surface area contributed by atoms with Gasteiger partial charge in [-0.15, -0.1) is 24.0 Å². The summed E-state index contributed by atoms with van der Waals surface area (Å²) in [7, 11) is 1.87. The number of ether oxygens (including phenoxy) is 1. The van der Waals surface area contributed by atoms with Gasteiger partial charge < -0.3 is 19.9 Å². The summed E-state index contributed by atoms with van der Waals surface area (Å²) < 4.78 is 5.46. The molecule has 0 spiro atoms. The topological polar surface area (TPSA) is 57.2 Å². The smallest absolute Gasteiger partial charge is 0.410 e. The Labute approximate surface area is 176 Å². The number of rotatable bonds is 2. The van der Waals surface area contributed by atoms with Crippen LogP contribution in [0.5, 0.6) is 0 Å². The second-order valence-electron chi connectivity index (χ2n) is 8.51. The zero-order valence-electron chi connectivity index (χ0n) is 17.1. The number of nitrogens with one attached hydrogen (secondary N) is 1. The molecule has 152 valence electrons. The monoisotopic (exact) mass is 480 g/mol. The van der Waals surface area contributed by atoms with Gasteiger partial charge in [-0.2, -0.15) is 0 Å². The largest absolute Gasteiger partial charge is 0.444 e. The Morgan fingerprint density at radius 2 is 1.62 bits per heavy atom. The number of likely N-dealkylation sites (tertiary alicyclic amines) is 2. The maximum atomic E-state index is 12.1. The maximum Gasteiger partial charge on any atom is 0.410 e. The highest BCUT2D eigenvalue weighted by molar-refractivity contribution is 14.0. The number of carbonyl (C=O) groups excluding carboxylic acids is 1. The van der Waals surface area contributed by atoms with Crippen molar-refractivity contribution in [1.82, 2.24) is 15.1 Å². The number of hydrogen-bond acceptors (Lipinski definition) is 3. The maximum absolute atomic E-state index is 12.1. The number of aliphatic imine (C=N–C) groups is 1. The molecule has 2 rings (SSSR count). The summed E-state index contributed by atoms with van der Waals surface area (Å²) in [6.45, 7) is 12.7. The lowest BCUT2D eigenvalue weighted by atomic mass is 9.97. The summed E-state index contributed by atoms with van der Waals surface area (Å²) in [4.78, 5) is 20.8. The highest BCUT2D eigenvalue weighted by Crippen LogP contribution is 2.20. The van der Waals surface area contributed by atoms with Crippen molar-refractivity contribution in [3.05, 3.63) is 0 Å². The quantitative estimate of drug-likeness (QED) is 0.373. The third kappa shape index (κ3) is 7.48. The van der Waals surface area contributed by atoms with Gasteiger partial charge in [0.2, 0.25) is 0 Å². The summed E-state index contributed by atoms with van der Waals surface area (Å²) >= 11 is 0.